The Hall–Kier alpha value is -0.300. The van der Waals surface area contributed by atoms with Crippen molar-refractivity contribution in [2.24, 2.45) is 11.8 Å². The summed E-state index contributed by atoms with van der Waals surface area (Å²) >= 11 is 0. The lowest BCUT2D eigenvalue weighted by molar-refractivity contribution is 0.0273. The Morgan fingerprint density at radius 1 is 1.36 bits per heavy atom. The molecule has 1 heteroatoms. The van der Waals surface area contributed by atoms with Crippen LogP contribution in [-0.4, -0.2) is 12.7 Å². The predicted molar refractivity (Wildman–Crippen MR) is 61.4 cm³/mol. The summed E-state index contributed by atoms with van der Waals surface area (Å²) in [6, 6.07) is 0. The fraction of sp³-hybridized carbons (Fsp3) is 0.846. The quantitative estimate of drug-likeness (QED) is 0.608. The van der Waals surface area contributed by atoms with Gasteiger partial charge in [0.15, 0.2) is 0 Å². The second kappa shape index (κ2) is 6.23. The molecule has 0 saturated heterocycles. The van der Waals surface area contributed by atoms with Crippen LogP contribution in [0.15, 0.2) is 12.7 Å². The monoisotopic (exact) mass is 196 g/mol. The molecule has 0 heterocycles. The molecule has 14 heavy (non-hydrogen) atoms. The van der Waals surface area contributed by atoms with Gasteiger partial charge in [-0.3, -0.25) is 0 Å². The van der Waals surface area contributed by atoms with E-state index in [2.05, 4.69) is 20.4 Å². The van der Waals surface area contributed by atoms with Crippen molar-refractivity contribution in [1.29, 1.82) is 0 Å². The highest BCUT2D eigenvalue weighted by molar-refractivity contribution is 4.77. The van der Waals surface area contributed by atoms with Crippen LogP contribution in [0.1, 0.15) is 46.0 Å². The molecule has 1 unspecified atom stereocenters. The average Bonchev–Trinajstić information content (AvgIpc) is 2.26. The van der Waals surface area contributed by atoms with Crippen molar-refractivity contribution in [1.82, 2.24) is 0 Å². The summed E-state index contributed by atoms with van der Waals surface area (Å²) in [5.41, 5.74) is 0. The van der Waals surface area contributed by atoms with Gasteiger partial charge in [-0.1, -0.05) is 26.3 Å². The van der Waals surface area contributed by atoms with Gasteiger partial charge in [0.2, 0.25) is 0 Å². The van der Waals surface area contributed by atoms with Gasteiger partial charge in [0.1, 0.15) is 0 Å². The first-order valence-electron chi connectivity index (χ1n) is 6.00. The smallest absolute Gasteiger partial charge is 0.0648 e. The molecule has 0 aromatic rings. The maximum absolute atomic E-state index is 5.68. The molecule has 1 aliphatic carbocycles. The summed E-state index contributed by atoms with van der Waals surface area (Å²) in [6.45, 7) is 9.08. The van der Waals surface area contributed by atoms with E-state index in [1.54, 1.807) is 0 Å². The second-order valence-corrected chi connectivity index (χ2v) is 4.54. The van der Waals surface area contributed by atoms with Gasteiger partial charge in [0, 0.05) is 0 Å². The molecule has 0 radical (unpaired) electrons. The van der Waals surface area contributed by atoms with E-state index < -0.39 is 0 Å². The van der Waals surface area contributed by atoms with E-state index in [4.69, 9.17) is 4.74 Å². The van der Waals surface area contributed by atoms with Gasteiger partial charge in [-0.25, -0.2) is 0 Å². The van der Waals surface area contributed by atoms with Crippen molar-refractivity contribution in [3.05, 3.63) is 12.7 Å². The van der Waals surface area contributed by atoms with Crippen LogP contribution in [0.5, 0.6) is 0 Å². The molecule has 0 amide bonds. The fourth-order valence-corrected chi connectivity index (χ4v) is 2.36. The Bertz CT molecular complexity index is 157. The van der Waals surface area contributed by atoms with Crippen LogP contribution in [-0.2, 0) is 4.74 Å². The van der Waals surface area contributed by atoms with Gasteiger partial charge in [0.25, 0.3) is 0 Å². The van der Waals surface area contributed by atoms with Crippen LogP contribution in [0.25, 0.3) is 0 Å². The van der Waals surface area contributed by atoms with E-state index in [1.807, 2.05) is 6.08 Å². The van der Waals surface area contributed by atoms with Crippen molar-refractivity contribution in [3.63, 3.8) is 0 Å². The summed E-state index contributed by atoms with van der Waals surface area (Å²) in [5, 5.41) is 0. The number of hydrogen-bond donors (Lipinski definition) is 0. The summed E-state index contributed by atoms with van der Waals surface area (Å²) in [4.78, 5) is 0. The molecule has 1 aliphatic rings. The van der Waals surface area contributed by atoms with Crippen LogP contribution in [0.4, 0.5) is 0 Å². The van der Waals surface area contributed by atoms with Crippen molar-refractivity contribution in [2.75, 3.05) is 6.61 Å². The highest BCUT2D eigenvalue weighted by Crippen LogP contribution is 2.32. The van der Waals surface area contributed by atoms with Crippen LogP contribution >= 0.6 is 0 Å². The van der Waals surface area contributed by atoms with Crippen molar-refractivity contribution < 1.29 is 4.74 Å². The molecule has 0 N–H and O–H groups in total. The summed E-state index contributed by atoms with van der Waals surface area (Å²) in [7, 11) is 0. The lowest BCUT2D eigenvalue weighted by atomic mass is 9.79. The minimum absolute atomic E-state index is 0.508. The Morgan fingerprint density at radius 2 is 2.00 bits per heavy atom. The van der Waals surface area contributed by atoms with E-state index in [-0.39, 0.29) is 0 Å². The molecule has 0 aromatic heterocycles. The molecule has 1 saturated carbocycles. The third-order valence-corrected chi connectivity index (χ3v) is 3.62. The molecule has 0 spiro atoms. The molecular weight excluding hydrogens is 172 g/mol. The Balaban J connectivity index is 2.20. The average molecular weight is 196 g/mol. The molecule has 0 aliphatic heterocycles. The fourth-order valence-electron chi connectivity index (χ4n) is 2.36. The van der Waals surface area contributed by atoms with Crippen LogP contribution in [0, 0.1) is 11.8 Å². The zero-order valence-electron chi connectivity index (χ0n) is 9.67. The Kier molecular flexibility index (Phi) is 5.24. The molecule has 1 fully saturated rings. The maximum Gasteiger partial charge on any atom is 0.0648 e. The van der Waals surface area contributed by atoms with Crippen molar-refractivity contribution in [3.8, 4) is 0 Å². The summed E-state index contributed by atoms with van der Waals surface area (Å²) in [6.07, 6.45) is 8.90. The molecule has 1 atom stereocenters. The summed E-state index contributed by atoms with van der Waals surface area (Å²) < 4.78 is 5.68. The first-order valence-corrected chi connectivity index (χ1v) is 6.00. The van der Waals surface area contributed by atoms with Crippen molar-refractivity contribution in [2.45, 2.75) is 52.1 Å². The SMILES string of the molecule is C=CCOC1CCC(C(C)CC)CC1. The van der Waals surface area contributed by atoms with Crippen LogP contribution < -0.4 is 0 Å². The molecule has 1 nitrogen and oxygen atoms in total. The Labute approximate surface area is 88.5 Å². The lowest BCUT2D eigenvalue weighted by Gasteiger charge is -2.31. The third-order valence-electron chi connectivity index (χ3n) is 3.62. The van der Waals surface area contributed by atoms with E-state index in [9.17, 15) is 0 Å². The zero-order chi connectivity index (χ0) is 10.4. The second-order valence-electron chi connectivity index (χ2n) is 4.54. The lowest BCUT2D eigenvalue weighted by Crippen LogP contribution is -2.24. The van der Waals surface area contributed by atoms with Gasteiger partial charge < -0.3 is 4.74 Å². The molecular formula is C13H24O. The number of rotatable bonds is 5. The van der Waals surface area contributed by atoms with Gasteiger partial charge in [0.05, 0.1) is 12.7 Å². The molecule has 1 rings (SSSR count). The molecule has 0 bridgehead atoms. The first-order chi connectivity index (χ1) is 6.77. The van der Waals surface area contributed by atoms with Gasteiger partial charge >= 0.3 is 0 Å². The first kappa shape index (κ1) is 11.8. The molecule has 0 aromatic carbocycles. The highest BCUT2D eigenvalue weighted by Gasteiger charge is 2.24. The van der Waals surface area contributed by atoms with Gasteiger partial charge in [-0.2, -0.15) is 0 Å². The summed E-state index contributed by atoms with van der Waals surface area (Å²) in [5.74, 6) is 1.85. The van der Waals surface area contributed by atoms with E-state index in [0.29, 0.717) is 6.10 Å². The number of hydrogen-bond acceptors (Lipinski definition) is 1. The normalized spacial score (nSPS) is 29.9. The highest BCUT2D eigenvalue weighted by atomic mass is 16.5. The Morgan fingerprint density at radius 3 is 2.50 bits per heavy atom. The van der Waals surface area contributed by atoms with Crippen LogP contribution in [0.2, 0.25) is 0 Å². The van der Waals surface area contributed by atoms with Gasteiger partial charge in [-0.05, 0) is 37.5 Å². The third kappa shape index (κ3) is 3.45. The van der Waals surface area contributed by atoms with Crippen LogP contribution in [0.3, 0.4) is 0 Å². The molecule has 82 valence electrons. The minimum atomic E-state index is 0.508. The zero-order valence-corrected chi connectivity index (χ0v) is 9.67. The van der Waals surface area contributed by atoms with Crippen molar-refractivity contribution >= 4 is 0 Å². The van der Waals surface area contributed by atoms with E-state index >= 15 is 0 Å². The maximum atomic E-state index is 5.68. The van der Waals surface area contributed by atoms with Gasteiger partial charge in [-0.15, -0.1) is 6.58 Å². The standard InChI is InChI=1S/C13H24O/c1-4-10-14-13-8-6-12(7-9-13)11(3)5-2/h4,11-13H,1,5-10H2,2-3H3. The minimum Gasteiger partial charge on any atom is -0.374 e. The number of ether oxygens (including phenoxy) is 1. The van der Waals surface area contributed by atoms with E-state index in [0.717, 1.165) is 18.4 Å². The topological polar surface area (TPSA) is 9.23 Å². The predicted octanol–water partition coefficient (Wildman–Crippen LogP) is 3.79. The largest absolute Gasteiger partial charge is 0.374 e. The van der Waals surface area contributed by atoms with E-state index in [1.165, 1.54) is 32.1 Å².